The first-order chi connectivity index (χ1) is 15.1. The minimum Gasteiger partial charge on any atom is -0.474 e. The molecule has 0 bridgehead atoms. The van der Waals surface area contributed by atoms with Crippen LogP contribution in [0.4, 0.5) is 9.18 Å². The average molecular weight is 469 g/mol. The highest BCUT2D eigenvalue weighted by Gasteiger charge is 2.24. The lowest BCUT2D eigenvalue weighted by molar-refractivity contribution is -0.151. The lowest BCUT2D eigenvalue weighted by atomic mass is 10.1. The number of ether oxygens (including phenoxy) is 3. The Morgan fingerprint density at radius 2 is 1.84 bits per heavy atom. The van der Waals surface area contributed by atoms with Crippen LogP contribution < -0.4 is 9.47 Å². The Morgan fingerprint density at radius 3 is 2.47 bits per heavy atom. The van der Waals surface area contributed by atoms with E-state index in [0.717, 1.165) is 12.3 Å². The standard InChI is InChI=1S/C20H24FN3O7S/c1-13(2)28-20(25)31-24-8-6-14(7-9-24)29-18-11-19(23-12-22-18)30-17-5-4-15(10-16(17)21)32(3,26)27/h4-5,10-14H,6-9H2,1-3H3. The van der Waals surface area contributed by atoms with E-state index in [1.165, 1.54) is 29.6 Å². The van der Waals surface area contributed by atoms with Crippen LogP contribution in [0.5, 0.6) is 17.5 Å². The number of aromatic nitrogens is 2. The molecule has 1 saturated heterocycles. The van der Waals surface area contributed by atoms with Crippen LogP contribution in [0.2, 0.25) is 0 Å². The van der Waals surface area contributed by atoms with Crippen LogP contribution in [0, 0.1) is 5.82 Å². The van der Waals surface area contributed by atoms with E-state index >= 15 is 0 Å². The van der Waals surface area contributed by atoms with Crippen molar-refractivity contribution in [2.24, 2.45) is 0 Å². The van der Waals surface area contributed by atoms with Gasteiger partial charge in [-0.2, -0.15) is 0 Å². The molecular formula is C20H24FN3O7S. The second kappa shape index (κ2) is 10.1. The number of rotatable bonds is 7. The monoisotopic (exact) mass is 469 g/mol. The molecule has 0 unspecified atom stereocenters. The van der Waals surface area contributed by atoms with Gasteiger partial charge >= 0.3 is 6.16 Å². The SMILES string of the molecule is CC(C)OC(=O)ON1CCC(Oc2cc(Oc3ccc(S(C)(=O)=O)cc3F)ncn2)CC1. The maximum Gasteiger partial charge on any atom is 0.528 e. The Labute approximate surface area is 185 Å². The van der Waals surface area contributed by atoms with Crippen molar-refractivity contribution < 1.29 is 36.7 Å². The molecule has 2 heterocycles. The van der Waals surface area contributed by atoms with Gasteiger partial charge in [-0.05, 0) is 32.0 Å². The lowest BCUT2D eigenvalue weighted by Gasteiger charge is -2.30. The fourth-order valence-electron chi connectivity index (χ4n) is 2.88. The summed E-state index contributed by atoms with van der Waals surface area (Å²) in [5.41, 5.74) is 0. The molecule has 0 aliphatic carbocycles. The number of carbonyl (C=O) groups is 1. The molecule has 12 heteroatoms. The van der Waals surface area contributed by atoms with Crippen molar-refractivity contribution in [2.75, 3.05) is 19.3 Å². The smallest absolute Gasteiger partial charge is 0.474 e. The van der Waals surface area contributed by atoms with Crippen LogP contribution in [0.3, 0.4) is 0 Å². The maximum atomic E-state index is 14.2. The molecule has 1 aromatic carbocycles. The first-order valence-corrected chi connectivity index (χ1v) is 11.8. The van der Waals surface area contributed by atoms with Crippen LogP contribution >= 0.6 is 0 Å². The Hall–Kier alpha value is -2.99. The van der Waals surface area contributed by atoms with Crippen molar-refractivity contribution in [1.29, 1.82) is 0 Å². The van der Waals surface area contributed by atoms with Crippen molar-refractivity contribution in [2.45, 2.75) is 43.8 Å². The summed E-state index contributed by atoms with van der Waals surface area (Å²) in [6, 6.07) is 4.76. The van der Waals surface area contributed by atoms with E-state index in [1.54, 1.807) is 13.8 Å². The number of hydrogen-bond donors (Lipinski definition) is 0. The van der Waals surface area contributed by atoms with Gasteiger partial charge in [0.2, 0.25) is 11.8 Å². The Balaban J connectivity index is 1.55. The van der Waals surface area contributed by atoms with Gasteiger partial charge in [0.1, 0.15) is 12.4 Å². The number of halogens is 1. The first kappa shape index (κ1) is 23.7. The van der Waals surface area contributed by atoms with Crippen molar-refractivity contribution in [3.05, 3.63) is 36.4 Å². The molecule has 2 aromatic rings. The summed E-state index contributed by atoms with van der Waals surface area (Å²) in [4.78, 5) is 24.5. The normalized spacial score (nSPS) is 15.4. The number of hydrogen-bond acceptors (Lipinski definition) is 10. The molecule has 0 spiro atoms. The largest absolute Gasteiger partial charge is 0.528 e. The molecule has 32 heavy (non-hydrogen) atoms. The summed E-state index contributed by atoms with van der Waals surface area (Å²) in [6.07, 6.45) is 2.19. The molecular weight excluding hydrogens is 445 g/mol. The molecule has 0 N–H and O–H groups in total. The third kappa shape index (κ3) is 6.76. The Bertz CT molecular complexity index is 1060. The van der Waals surface area contributed by atoms with Gasteiger partial charge in [-0.1, -0.05) is 0 Å². The van der Waals surface area contributed by atoms with Gasteiger partial charge < -0.3 is 19.0 Å². The van der Waals surface area contributed by atoms with Crippen molar-refractivity contribution >= 4 is 16.0 Å². The summed E-state index contributed by atoms with van der Waals surface area (Å²) < 4.78 is 53.5. The van der Waals surface area contributed by atoms with E-state index < -0.39 is 21.8 Å². The molecule has 1 fully saturated rings. The fourth-order valence-corrected chi connectivity index (χ4v) is 3.51. The van der Waals surface area contributed by atoms with Crippen LogP contribution in [0.25, 0.3) is 0 Å². The van der Waals surface area contributed by atoms with Gasteiger partial charge in [0, 0.05) is 32.2 Å². The van der Waals surface area contributed by atoms with Gasteiger partial charge in [0.25, 0.3) is 0 Å². The minimum absolute atomic E-state index is 0.0400. The number of hydroxylamine groups is 2. The maximum absolute atomic E-state index is 14.2. The van der Waals surface area contributed by atoms with E-state index in [4.69, 9.17) is 19.0 Å². The second-order valence-corrected chi connectivity index (χ2v) is 9.43. The third-order valence-corrected chi connectivity index (χ3v) is 5.50. The average Bonchev–Trinajstić information content (AvgIpc) is 2.70. The zero-order valence-electron chi connectivity index (χ0n) is 17.9. The summed E-state index contributed by atoms with van der Waals surface area (Å²) in [5.74, 6) is -0.738. The molecule has 1 aliphatic heterocycles. The highest BCUT2D eigenvalue weighted by Crippen LogP contribution is 2.27. The first-order valence-electron chi connectivity index (χ1n) is 9.90. The van der Waals surface area contributed by atoms with Crippen molar-refractivity contribution in [3.8, 4) is 17.5 Å². The van der Waals surface area contributed by atoms with E-state index in [9.17, 15) is 17.6 Å². The zero-order chi connectivity index (χ0) is 23.3. The molecule has 3 rings (SSSR count). The van der Waals surface area contributed by atoms with Gasteiger partial charge in [0.15, 0.2) is 21.4 Å². The van der Waals surface area contributed by atoms with Crippen LogP contribution in [0.1, 0.15) is 26.7 Å². The summed E-state index contributed by atoms with van der Waals surface area (Å²) >= 11 is 0. The third-order valence-electron chi connectivity index (χ3n) is 4.39. The highest BCUT2D eigenvalue weighted by atomic mass is 32.2. The molecule has 0 radical (unpaired) electrons. The number of nitrogens with zero attached hydrogens (tertiary/aromatic N) is 3. The molecule has 10 nitrogen and oxygen atoms in total. The van der Waals surface area contributed by atoms with E-state index in [0.29, 0.717) is 25.9 Å². The molecule has 1 aromatic heterocycles. The van der Waals surface area contributed by atoms with Crippen LogP contribution in [-0.4, -0.2) is 61.2 Å². The second-order valence-electron chi connectivity index (χ2n) is 7.42. The topological polar surface area (TPSA) is 117 Å². The zero-order valence-corrected chi connectivity index (χ0v) is 18.7. The fraction of sp³-hybridized carbons (Fsp3) is 0.450. The summed E-state index contributed by atoms with van der Waals surface area (Å²) in [7, 11) is -3.53. The number of sulfone groups is 1. The van der Waals surface area contributed by atoms with Gasteiger partial charge in [-0.3, -0.25) is 0 Å². The molecule has 0 atom stereocenters. The van der Waals surface area contributed by atoms with Gasteiger partial charge in [-0.15, -0.1) is 5.06 Å². The Morgan fingerprint density at radius 1 is 1.16 bits per heavy atom. The summed E-state index contributed by atoms with van der Waals surface area (Å²) in [6.45, 7) is 4.40. The van der Waals surface area contributed by atoms with E-state index in [-0.39, 0.29) is 34.6 Å². The molecule has 174 valence electrons. The number of benzene rings is 1. The number of carbonyl (C=O) groups excluding carboxylic acids is 1. The predicted molar refractivity (Wildman–Crippen MR) is 110 cm³/mol. The molecule has 1 aliphatic rings. The quantitative estimate of drug-likeness (QED) is 0.560. The highest BCUT2D eigenvalue weighted by molar-refractivity contribution is 7.90. The number of piperidine rings is 1. The van der Waals surface area contributed by atoms with E-state index in [2.05, 4.69) is 9.97 Å². The van der Waals surface area contributed by atoms with Gasteiger partial charge in [0.05, 0.1) is 17.1 Å². The predicted octanol–water partition coefficient (Wildman–Crippen LogP) is 3.13. The molecule has 0 amide bonds. The lowest BCUT2D eigenvalue weighted by Crippen LogP contribution is -2.40. The van der Waals surface area contributed by atoms with Crippen LogP contribution in [0.15, 0.2) is 35.5 Å². The minimum atomic E-state index is -3.53. The van der Waals surface area contributed by atoms with Crippen molar-refractivity contribution in [1.82, 2.24) is 15.0 Å². The van der Waals surface area contributed by atoms with Crippen LogP contribution in [-0.2, 0) is 19.4 Å². The molecule has 0 saturated carbocycles. The summed E-state index contributed by atoms with van der Waals surface area (Å²) in [5, 5.41) is 1.52. The Kier molecular flexibility index (Phi) is 7.46. The van der Waals surface area contributed by atoms with Gasteiger partial charge in [-0.25, -0.2) is 27.6 Å². The van der Waals surface area contributed by atoms with E-state index in [1.807, 2.05) is 0 Å². The van der Waals surface area contributed by atoms with Crippen molar-refractivity contribution in [3.63, 3.8) is 0 Å².